The third-order valence-corrected chi connectivity index (χ3v) is 4.05. The van der Waals surface area contributed by atoms with Crippen LogP contribution in [0.3, 0.4) is 0 Å². The van der Waals surface area contributed by atoms with E-state index in [1.807, 2.05) is 18.2 Å². The van der Waals surface area contributed by atoms with Crippen LogP contribution in [0.25, 0.3) is 0 Å². The van der Waals surface area contributed by atoms with Crippen LogP contribution in [0.1, 0.15) is 12.0 Å². The number of ether oxygens (including phenoxy) is 1. The van der Waals surface area contributed by atoms with Gasteiger partial charge in [-0.25, -0.2) is 4.79 Å². The van der Waals surface area contributed by atoms with Crippen LogP contribution in [0.5, 0.6) is 5.75 Å². The Kier molecular flexibility index (Phi) is 4.20. The summed E-state index contributed by atoms with van der Waals surface area (Å²) in [6.07, 6.45) is 1.97. The maximum absolute atomic E-state index is 12.5. The molecular weight excluding hydrogens is 300 g/mol. The Morgan fingerprint density at radius 2 is 2.09 bits per heavy atom. The van der Waals surface area contributed by atoms with Crippen LogP contribution in [0.4, 0.5) is 16.2 Å². The minimum atomic E-state index is -0.145. The molecule has 0 bridgehead atoms. The highest BCUT2D eigenvalue weighted by molar-refractivity contribution is 6.32. The molecular formula is C17H17ClN2O2. The number of anilines is 2. The van der Waals surface area contributed by atoms with Crippen LogP contribution in [0.2, 0.25) is 5.02 Å². The lowest BCUT2D eigenvalue weighted by Crippen LogP contribution is -2.38. The van der Waals surface area contributed by atoms with E-state index >= 15 is 0 Å². The number of rotatable bonds is 2. The Morgan fingerprint density at radius 3 is 2.86 bits per heavy atom. The first-order valence-corrected chi connectivity index (χ1v) is 7.57. The topological polar surface area (TPSA) is 41.6 Å². The van der Waals surface area contributed by atoms with E-state index in [0.29, 0.717) is 23.0 Å². The first-order chi connectivity index (χ1) is 10.7. The molecule has 0 aliphatic carbocycles. The van der Waals surface area contributed by atoms with Crippen molar-refractivity contribution in [2.75, 3.05) is 23.9 Å². The van der Waals surface area contributed by atoms with Crippen molar-refractivity contribution in [3.8, 4) is 5.75 Å². The maximum Gasteiger partial charge on any atom is 0.326 e. The van der Waals surface area contributed by atoms with Crippen molar-refractivity contribution in [1.29, 1.82) is 0 Å². The summed E-state index contributed by atoms with van der Waals surface area (Å²) in [6, 6.07) is 13.1. The maximum atomic E-state index is 12.5. The molecule has 0 fully saturated rings. The molecule has 0 spiro atoms. The largest absolute Gasteiger partial charge is 0.495 e. The van der Waals surface area contributed by atoms with Gasteiger partial charge in [0, 0.05) is 17.9 Å². The summed E-state index contributed by atoms with van der Waals surface area (Å²) in [6.45, 7) is 0.715. The minimum absolute atomic E-state index is 0.145. The van der Waals surface area contributed by atoms with Crippen molar-refractivity contribution in [1.82, 2.24) is 0 Å². The zero-order valence-corrected chi connectivity index (χ0v) is 13.1. The van der Waals surface area contributed by atoms with Crippen molar-refractivity contribution < 1.29 is 9.53 Å². The summed E-state index contributed by atoms with van der Waals surface area (Å²) < 4.78 is 5.11. The highest BCUT2D eigenvalue weighted by atomic mass is 35.5. The number of benzene rings is 2. The van der Waals surface area contributed by atoms with Gasteiger partial charge in [-0.15, -0.1) is 0 Å². The summed E-state index contributed by atoms with van der Waals surface area (Å²) in [5.74, 6) is 0.586. The number of carbonyl (C=O) groups is 1. The van der Waals surface area contributed by atoms with Crippen LogP contribution < -0.4 is 15.0 Å². The second-order valence-corrected chi connectivity index (χ2v) is 5.57. The fourth-order valence-electron chi connectivity index (χ4n) is 2.68. The van der Waals surface area contributed by atoms with Crippen molar-refractivity contribution >= 4 is 29.0 Å². The molecule has 114 valence electrons. The van der Waals surface area contributed by atoms with E-state index < -0.39 is 0 Å². The molecule has 0 radical (unpaired) electrons. The summed E-state index contributed by atoms with van der Waals surface area (Å²) >= 11 is 6.09. The van der Waals surface area contributed by atoms with Gasteiger partial charge in [-0.2, -0.15) is 0 Å². The number of aryl methyl sites for hydroxylation is 1. The van der Waals surface area contributed by atoms with E-state index in [-0.39, 0.29) is 6.03 Å². The van der Waals surface area contributed by atoms with Gasteiger partial charge in [0.15, 0.2) is 0 Å². The lowest BCUT2D eigenvalue weighted by atomic mass is 10.0. The van der Waals surface area contributed by atoms with Crippen molar-refractivity contribution in [3.05, 3.63) is 53.1 Å². The van der Waals surface area contributed by atoms with Crippen molar-refractivity contribution in [2.24, 2.45) is 0 Å². The highest BCUT2D eigenvalue weighted by Crippen LogP contribution is 2.29. The van der Waals surface area contributed by atoms with Gasteiger partial charge in [-0.1, -0.05) is 29.8 Å². The van der Waals surface area contributed by atoms with Crippen molar-refractivity contribution in [3.63, 3.8) is 0 Å². The van der Waals surface area contributed by atoms with Gasteiger partial charge in [0.2, 0.25) is 0 Å². The Hall–Kier alpha value is -2.20. The summed E-state index contributed by atoms with van der Waals surface area (Å²) in [5, 5.41) is 3.36. The number of hydrogen-bond donors (Lipinski definition) is 1. The fourth-order valence-corrected chi connectivity index (χ4v) is 2.94. The molecule has 5 heteroatoms. The van der Waals surface area contributed by atoms with Gasteiger partial charge in [0.05, 0.1) is 12.1 Å². The van der Waals surface area contributed by atoms with Gasteiger partial charge < -0.3 is 10.1 Å². The summed E-state index contributed by atoms with van der Waals surface area (Å²) in [4.78, 5) is 14.3. The fraction of sp³-hybridized carbons (Fsp3) is 0.235. The van der Waals surface area contributed by atoms with Crippen LogP contribution in [0.15, 0.2) is 42.5 Å². The molecule has 1 aliphatic rings. The number of halogens is 1. The summed E-state index contributed by atoms with van der Waals surface area (Å²) in [7, 11) is 1.56. The Bertz CT molecular complexity index is 703. The van der Waals surface area contributed by atoms with Gasteiger partial charge in [0.1, 0.15) is 5.75 Å². The van der Waals surface area contributed by atoms with E-state index in [1.54, 1.807) is 30.2 Å². The van der Waals surface area contributed by atoms with Gasteiger partial charge >= 0.3 is 6.03 Å². The number of fused-ring (bicyclic) bond motifs is 1. The third-order valence-electron chi connectivity index (χ3n) is 3.76. The van der Waals surface area contributed by atoms with Crippen LogP contribution in [0, 0.1) is 0 Å². The number of para-hydroxylation sites is 1. The normalized spacial score (nSPS) is 13.5. The standard InChI is InChI=1S/C17H17ClN2O2/c1-22-16-9-8-13(11-14(16)18)19-17(21)20-10-4-6-12-5-2-3-7-15(12)20/h2-3,5,7-9,11H,4,6,10H2,1H3,(H,19,21). The molecule has 0 saturated carbocycles. The van der Waals surface area contributed by atoms with E-state index in [4.69, 9.17) is 16.3 Å². The average Bonchev–Trinajstić information content (AvgIpc) is 2.54. The van der Waals surface area contributed by atoms with Crippen LogP contribution in [-0.4, -0.2) is 19.7 Å². The number of nitrogens with zero attached hydrogens (tertiary/aromatic N) is 1. The number of carbonyl (C=O) groups excluding carboxylic acids is 1. The van der Waals surface area contributed by atoms with Crippen molar-refractivity contribution in [2.45, 2.75) is 12.8 Å². The Morgan fingerprint density at radius 1 is 1.27 bits per heavy atom. The first-order valence-electron chi connectivity index (χ1n) is 7.19. The van der Waals surface area contributed by atoms with Gasteiger partial charge in [0.25, 0.3) is 0 Å². The second-order valence-electron chi connectivity index (χ2n) is 5.16. The molecule has 0 atom stereocenters. The monoisotopic (exact) mass is 316 g/mol. The lowest BCUT2D eigenvalue weighted by Gasteiger charge is -2.29. The van der Waals surface area contributed by atoms with Crippen LogP contribution in [-0.2, 0) is 6.42 Å². The van der Waals surface area contributed by atoms with E-state index in [1.165, 1.54) is 5.56 Å². The molecule has 3 rings (SSSR count). The highest BCUT2D eigenvalue weighted by Gasteiger charge is 2.22. The summed E-state index contributed by atoms with van der Waals surface area (Å²) in [5.41, 5.74) is 2.83. The number of urea groups is 1. The number of amides is 2. The number of methoxy groups -OCH3 is 1. The molecule has 1 N–H and O–H groups in total. The molecule has 1 aliphatic heterocycles. The Labute approximate surface area is 134 Å². The third kappa shape index (κ3) is 2.88. The molecule has 2 aromatic rings. The molecule has 0 unspecified atom stereocenters. The number of nitrogens with one attached hydrogen (secondary N) is 1. The molecule has 22 heavy (non-hydrogen) atoms. The molecule has 1 heterocycles. The van der Waals surface area contributed by atoms with E-state index in [0.717, 1.165) is 18.5 Å². The zero-order chi connectivity index (χ0) is 15.5. The smallest absolute Gasteiger partial charge is 0.326 e. The molecule has 0 aromatic heterocycles. The lowest BCUT2D eigenvalue weighted by molar-refractivity contribution is 0.256. The molecule has 2 amide bonds. The predicted molar refractivity (Wildman–Crippen MR) is 89.1 cm³/mol. The second kappa shape index (κ2) is 6.28. The zero-order valence-electron chi connectivity index (χ0n) is 12.3. The van der Waals surface area contributed by atoms with E-state index in [9.17, 15) is 4.79 Å². The average molecular weight is 317 g/mol. The Balaban J connectivity index is 1.79. The quantitative estimate of drug-likeness (QED) is 0.895. The first kappa shape index (κ1) is 14.7. The van der Waals surface area contributed by atoms with Crippen LogP contribution >= 0.6 is 11.6 Å². The molecule has 2 aromatic carbocycles. The predicted octanol–water partition coefficient (Wildman–Crippen LogP) is 4.33. The van der Waals surface area contributed by atoms with E-state index in [2.05, 4.69) is 11.4 Å². The molecule has 0 saturated heterocycles. The van der Waals surface area contributed by atoms with Gasteiger partial charge in [-0.05, 0) is 42.7 Å². The molecule has 4 nitrogen and oxygen atoms in total. The SMILES string of the molecule is COc1ccc(NC(=O)N2CCCc3ccccc32)cc1Cl. The number of hydrogen-bond acceptors (Lipinski definition) is 2. The minimum Gasteiger partial charge on any atom is -0.495 e. The van der Waals surface area contributed by atoms with Gasteiger partial charge in [-0.3, -0.25) is 4.90 Å².